The molecule has 0 aliphatic rings. The number of nitrogens with one attached hydrogen (secondary N) is 1. The van der Waals surface area contributed by atoms with Gasteiger partial charge in [-0.2, -0.15) is 13.2 Å². The van der Waals surface area contributed by atoms with E-state index >= 15 is 0 Å². The van der Waals surface area contributed by atoms with Gasteiger partial charge in [-0.1, -0.05) is 30.3 Å². The van der Waals surface area contributed by atoms with E-state index < -0.39 is 29.5 Å². The fourth-order valence-corrected chi connectivity index (χ4v) is 5.32. The van der Waals surface area contributed by atoms with E-state index in [4.69, 9.17) is 14.9 Å². The van der Waals surface area contributed by atoms with E-state index in [0.29, 0.717) is 22.8 Å². The molecule has 5 aromatic rings. The summed E-state index contributed by atoms with van der Waals surface area (Å²) in [6, 6.07) is 14.2. The highest BCUT2D eigenvalue weighted by Gasteiger charge is 2.35. The number of carbonyl (C=O) groups is 2. The van der Waals surface area contributed by atoms with E-state index in [9.17, 15) is 27.2 Å². The molecule has 3 aromatic heterocycles. The van der Waals surface area contributed by atoms with Crippen molar-refractivity contribution in [2.75, 3.05) is 5.32 Å². The first-order chi connectivity index (χ1) is 19.4. The molecule has 0 atom stereocenters. The second-order valence-corrected chi connectivity index (χ2v) is 10.1. The number of nitrogens with two attached hydrogens (primary N) is 1. The Morgan fingerprint density at radius 2 is 1.73 bits per heavy atom. The first-order valence-electron chi connectivity index (χ1n) is 12.1. The topological polar surface area (TPSA) is 107 Å². The van der Waals surface area contributed by atoms with Gasteiger partial charge in [-0.05, 0) is 66.4 Å². The summed E-state index contributed by atoms with van der Waals surface area (Å²) in [4.78, 5) is 28.8. The number of hydrogen-bond acceptors (Lipinski definition) is 6. The number of ether oxygens (including phenoxy) is 1. The summed E-state index contributed by atoms with van der Waals surface area (Å²) in [7, 11) is 0. The molecule has 210 valence electrons. The van der Waals surface area contributed by atoms with Crippen LogP contribution in [0.2, 0.25) is 0 Å². The number of alkyl halides is 3. The van der Waals surface area contributed by atoms with E-state index in [2.05, 4.69) is 10.3 Å². The molecule has 0 aliphatic heterocycles. The van der Waals surface area contributed by atoms with Crippen molar-refractivity contribution in [2.45, 2.75) is 26.6 Å². The average molecular weight is 584 g/mol. The fourth-order valence-electron chi connectivity index (χ4n) is 4.32. The van der Waals surface area contributed by atoms with Crippen molar-refractivity contribution < 1.29 is 36.3 Å². The number of thiophene rings is 1. The van der Waals surface area contributed by atoms with Gasteiger partial charge < -0.3 is 20.2 Å². The van der Waals surface area contributed by atoms with Gasteiger partial charge in [0, 0.05) is 5.39 Å². The summed E-state index contributed by atoms with van der Waals surface area (Å²) < 4.78 is 66.2. The molecule has 3 N–H and O–H groups in total. The zero-order valence-electron chi connectivity index (χ0n) is 21.6. The maximum atomic E-state index is 13.7. The Balaban J connectivity index is 1.52. The van der Waals surface area contributed by atoms with Crippen molar-refractivity contribution in [3.05, 3.63) is 99.7 Å². The first-order valence-corrected chi connectivity index (χ1v) is 12.9. The molecule has 41 heavy (non-hydrogen) atoms. The number of furan rings is 1. The van der Waals surface area contributed by atoms with Crippen LogP contribution in [0.25, 0.3) is 21.3 Å². The van der Waals surface area contributed by atoms with Crippen LogP contribution in [0.5, 0.6) is 5.75 Å². The molecule has 5 rings (SSSR count). The number of hydrogen-bond donors (Lipinski definition) is 2. The number of primary amides is 1. The Hall–Kier alpha value is -4.71. The van der Waals surface area contributed by atoms with Crippen LogP contribution < -0.4 is 15.8 Å². The fraction of sp³-hybridized carbons (Fsp3) is 0.138. The predicted molar refractivity (Wildman–Crippen MR) is 145 cm³/mol. The van der Waals surface area contributed by atoms with Crippen LogP contribution in [-0.2, 0) is 12.8 Å². The Labute approximate surface area is 234 Å². The molecular weight excluding hydrogens is 562 g/mol. The molecule has 0 radical (unpaired) electrons. The van der Waals surface area contributed by atoms with Crippen molar-refractivity contribution in [3.8, 4) is 16.9 Å². The monoisotopic (exact) mass is 583 g/mol. The third kappa shape index (κ3) is 5.64. The summed E-state index contributed by atoms with van der Waals surface area (Å²) in [5.74, 6) is -1.47. The van der Waals surface area contributed by atoms with Gasteiger partial charge in [0.1, 0.15) is 39.3 Å². The van der Waals surface area contributed by atoms with Crippen LogP contribution in [0.15, 0.2) is 65.1 Å². The second-order valence-electron chi connectivity index (χ2n) is 9.14. The largest absolute Gasteiger partial charge is 0.485 e. The minimum absolute atomic E-state index is 0.0245. The lowest BCUT2D eigenvalue weighted by Gasteiger charge is -2.12. The predicted octanol–water partition coefficient (Wildman–Crippen LogP) is 7.26. The van der Waals surface area contributed by atoms with E-state index in [1.54, 1.807) is 6.07 Å². The number of rotatable bonds is 7. The van der Waals surface area contributed by atoms with E-state index in [1.807, 2.05) is 32.0 Å². The molecule has 0 fully saturated rings. The molecule has 2 aromatic carbocycles. The van der Waals surface area contributed by atoms with E-state index in [1.165, 1.54) is 18.2 Å². The van der Waals surface area contributed by atoms with Crippen LogP contribution in [0.1, 0.15) is 42.8 Å². The summed E-state index contributed by atoms with van der Waals surface area (Å²) in [5.41, 5.74) is 6.21. The number of benzene rings is 2. The quantitative estimate of drug-likeness (QED) is 0.196. The summed E-state index contributed by atoms with van der Waals surface area (Å²) in [6.07, 6.45) is -4.81. The Morgan fingerprint density at radius 3 is 2.37 bits per heavy atom. The summed E-state index contributed by atoms with van der Waals surface area (Å²) in [5, 5.41) is 2.60. The molecule has 0 saturated carbocycles. The second kappa shape index (κ2) is 10.7. The van der Waals surface area contributed by atoms with Gasteiger partial charge in [-0.25, -0.2) is 9.37 Å². The molecule has 0 saturated heterocycles. The van der Waals surface area contributed by atoms with Crippen LogP contribution in [0, 0.1) is 19.7 Å². The van der Waals surface area contributed by atoms with Crippen molar-refractivity contribution in [3.63, 3.8) is 0 Å². The maximum Gasteiger partial charge on any atom is 0.433 e. The smallest absolute Gasteiger partial charge is 0.433 e. The Kier molecular flexibility index (Phi) is 7.26. The van der Waals surface area contributed by atoms with Gasteiger partial charge in [0.25, 0.3) is 11.8 Å². The van der Waals surface area contributed by atoms with Crippen molar-refractivity contribution in [1.29, 1.82) is 0 Å². The molecule has 2 amide bonds. The number of carbonyl (C=O) groups excluding carboxylic acids is 2. The Morgan fingerprint density at radius 1 is 1.05 bits per heavy atom. The molecule has 0 bridgehead atoms. The number of aryl methyl sites for hydroxylation is 2. The highest BCUT2D eigenvalue weighted by Crippen LogP contribution is 2.43. The lowest BCUT2D eigenvalue weighted by atomic mass is 10.0. The number of amides is 2. The number of anilines is 1. The molecule has 0 unspecified atom stereocenters. The first kappa shape index (κ1) is 27.8. The molecular formula is C29H21F4N3O4S. The van der Waals surface area contributed by atoms with Crippen molar-refractivity contribution >= 4 is 39.1 Å². The number of halogens is 4. The molecule has 3 heterocycles. The van der Waals surface area contributed by atoms with Gasteiger partial charge >= 0.3 is 6.18 Å². The third-order valence-electron chi connectivity index (χ3n) is 6.22. The Bertz CT molecular complexity index is 1770. The van der Waals surface area contributed by atoms with Crippen LogP contribution in [0.3, 0.4) is 0 Å². The van der Waals surface area contributed by atoms with Gasteiger partial charge in [0.05, 0.1) is 5.69 Å². The number of pyridine rings is 1. The van der Waals surface area contributed by atoms with Gasteiger partial charge in [0.2, 0.25) is 0 Å². The standard InChI is InChI=1S/C29H21F4N3O4S/c1-14-4-3-5-15(2)24(14)39-13-18-10-11-20(40-18)27(38)36-23-22-19(16-6-8-17(30)9-7-16)12-21(29(31,32)33)35-28(22)41-25(23)26(34)37/h3-12H,13H2,1-2H3,(H2,34,37)(H,36,38). The number of aromatic nitrogens is 1. The van der Waals surface area contributed by atoms with Crippen molar-refractivity contribution in [2.24, 2.45) is 5.73 Å². The number of para-hydroxylation sites is 1. The summed E-state index contributed by atoms with van der Waals surface area (Å²) in [6.45, 7) is 3.83. The maximum absolute atomic E-state index is 13.7. The summed E-state index contributed by atoms with van der Waals surface area (Å²) >= 11 is 0.600. The zero-order chi connectivity index (χ0) is 29.5. The van der Waals surface area contributed by atoms with Gasteiger partial charge in [0.15, 0.2) is 5.76 Å². The number of nitrogens with zero attached hydrogens (tertiary/aromatic N) is 1. The lowest BCUT2D eigenvalue weighted by molar-refractivity contribution is -0.140. The molecule has 0 aliphatic carbocycles. The third-order valence-corrected chi connectivity index (χ3v) is 7.32. The number of fused-ring (bicyclic) bond motifs is 1. The van der Waals surface area contributed by atoms with Crippen LogP contribution in [0.4, 0.5) is 23.2 Å². The van der Waals surface area contributed by atoms with E-state index in [-0.39, 0.29) is 44.3 Å². The highest BCUT2D eigenvalue weighted by atomic mass is 32.1. The molecule has 12 heteroatoms. The van der Waals surface area contributed by atoms with Gasteiger partial charge in [-0.15, -0.1) is 11.3 Å². The lowest BCUT2D eigenvalue weighted by Crippen LogP contribution is -2.16. The minimum atomic E-state index is -4.81. The molecule has 7 nitrogen and oxygen atoms in total. The van der Waals surface area contributed by atoms with Crippen molar-refractivity contribution in [1.82, 2.24) is 4.98 Å². The van der Waals surface area contributed by atoms with Crippen LogP contribution >= 0.6 is 11.3 Å². The minimum Gasteiger partial charge on any atom is -0.485 e. The highest BCUT2D eigenvalue weighted by molar-refractivity contribution is 7.21. The SMILES string of the molecule is Cc1cccc(C)c1OCc1ccc(C(=O)Nc2c(C(N)=O)sc3nc(C(F)(F)F)cc(-c4ccc(F)cc4)c23)o1. The normalized spacial score (nSPS) is 11.6. The van der Waals surface area contributed by atoms with Gasteiger partial charge in [-0.3, -0.25) is 9.59 Å². The zero-order valence-corrected chi connectivity index (χ0v) is 22.4. The van der Waals surface area contributed by atoms with Crippen LogP contribution in [-0.4, -0.2) is 16.8 Å². The average Bonchev–Trinajstić information content (AvgIpc) is 3.53. The van der Waals surface area contributed by atoms with E-state index in [0.717, 1.165) is 29.3 Å². The molecule has 0 spiro atoms.